The van der Waals surface area contributed by atoms with E-state index in [0.717, 1.165) is 3.57 Å². The van der Waals surface area contributed by atoms with Crippen LogP contribution in [0.4, 0.5) is 0 Å². The van der Waals surface area contributed by atoms with E-state index in [9.17, 15) is 8.42 Å². The predicted octanol–water partition coefficient (Wildman–Crippen LogP) is 2.79. The summed E-state index contributed by atoms with van der Waals surface area (Å²) in [6.07, 6.45) is 5.42. The van der Waals surface area contributed by atoms with E-state index in [1.54, 1.807) is 41.9 Å². The number of imidazole rings is 1. The molecule has 7 heteroatoms. The van der Waals surface area contributed by atoms with Crippen molar-refractivity contribution in [2.75, 3.05) is 5.75 Å². The van der Waals surface area contributed by atoms with E-state index in [2.05, 4.69) is 32.6 Å². The van der Waals surface area contributed by atoms with Gasteiger partial charge in [-0.3, -0.25) is 4.40 Å². The maximum atomic E-state index is 12.2. The molecule has 0 aliphatic heterocycles. The first-order valence-corrected chi connectivity index (χ1v) is 9.07. The van der Waals surface area contributed by atoms with Gasteiger partial charge in [0, 0.05) is 27.7 Å². The highest BCUT2D eigenvalue weighted by Gasteiger charge is 2.18. The van der Waals surface area contributed by atoms with E-state index in [0.29, 0.717) is 21.9 Å². The second kappa shape index (κ2) is 5.38. The first kappa shape index (κ1) is 14.5. The second-order valence-electron chi connectivity index (χ2n) is 4.51. The van der Waals surface area contributed by atoms with Gasteiger partial charge in [0.25, 0.3) is 0 Å². The van der Waals surface area contributed by atoms with Gasteiger partial charge in [-0.15, -0.1) is 0 Å². The molecule has 2 aromatic heterocycles. The molecule has 5 nitrogen and oxygen atoms in total. The molecule has 0 spiro atoms. The predicted molar refractivity (Wildman–Crippen MR) is 88.9 cm³/mol. The monoisotopic (exact) mass is 413 g/mol. The molecular formula is C14H12IN3O2S. The zero-order valence-corrected chi connectivity index (χ0v) is 14.2. The van der Waals surface area contributed by atoms with E-state index in [1.165, 1.54) is 0 Å². The maximum absolute atomic E-state index is 12.2. The number of hydrogen-bond acceptors (Lipinski definition) is 4. The minimum atomic E-state index is -3.29. The summed E-state index contributed by atoms with van der Waals surface area (Å²) < 4.78 is 27.2. The SMILES string of the molecule is CCS(=O)(=O)c1ccccc1-c1cn2cc(I)cnc2n1. The van der Waals surface area contributed by atoms with Gasteiger partial charge in [-0.05, 0) is 28.7 Å². The lowest BCUT2D eigenvalue weighted by molar-refractivity contribution is 0.597. The van der Waals surface area contributed by atoms with Crippen LogP contribution in [0.1, 0.15) is 6.92 Å². The van der Waals surface area contributed by atoms with Crippen molar-refractivity contribution < 1.29 is 8.42 Å². The number of halogens is 1. The number of sulfone groups is 1. The van der Waals surface area contributed by atoms with Crippen LogP contribution in [0.3, 0.4) is 0 Å². The lowest BCUT2D eigenvalue weighted by atomic mass is 10.2. The lowest BCUT2D eigenvalue weighted by Gasteiger charge is -2.06. The van der Waals surface area contributed by atoms with Gasteiger partial charge in [0.05, 0.1) is 16.3 Å². The first-order valence-electron chi connectivity index (χ1n) is 6.33. The molecule has 0 bridgehead atoms. The largest absolute Gasteiger partial charge is 0.289 e. The minimum Gasteiger partial charge on any atom is -0.289 e. The van der Waals surface area contributed by atoms with E-state index in [1.807, 2.05) is 12.3 Å². The van der Waals surface area contributed by atoms with Crippen LogP contribution in [-0.2, 0) is 9.84 Å². The Kier molecular flexibility index (Phi) is 3.70. The molecular weight excluding hydrogens is 401 g/mol. The van der Waals surface area contributed by atoms with Crippen molar-refractivity contribution in [1.82, 2.24) is 14.4 Å². The standard InChI is InChI=1S/C14H12IN3O2S/c1-2-21(19,20)13-6-4-3-5-11(13)12-9-18-8-10(15)7-16-14(18)17-12/h3-9H,2H2,1H3. The van der Waals surface area contributed by atoms with Crippen molar-refractivity contribution in [2.24, 2.45) is 0 Å². The fourth-order valence-electron chi connectivity index (χ4n) is 2.09. The second-order valence-corrected chi connectivity index (χ2v) is 8.00. The molecule has 2 heterocycles. The molecule has 0 amide bonds. The molecule has 0 N–H and O–H groups in total. The number of fused-ring (bicyclic) bond motifs is 1. The molecule has 0 atom stereocenters. The average molecular weight is 413 g/mol. The topological polar surface area (TPSA) is 64.3 Å². The van der Waals surface area contributed by atoms with Crippen molar-refractivity contribution in [3.05, 3.63) is 46.4 Å². The first-order chi connectivity index (χ1) is 10.0. The van der Waals surface area contributed by atoms with Gasteiger partial charge in [0.1, 0.15) is 0 Å². The van der Waals surface area contributed by atoms with Gasteiger partial charge >= 0.3 is 0 Å². The summed E-state index contributed by atoms with van der Waals surface area (Å²) in [5.41, 5.74) is 1.22. The molecule has 0 aliphatic rings. The summed E-state index contributed by atoms with van der Waals surface area (Å²) in [7, 11) is -3.29. The average Bonchev–Trinajstić information content (AvgIpc) is 2.90. The Morgan fingerprint density at radius 3 is 2.76 bits per heavy atom. The van der Waals surface area contributed by atoms with Crippen LogP contribution >= 0.6 is 22.6 Å². The van der Waals surface area contributed by atoms with Gasteiger partial charge in [-0.2, -0.15) is 0 Å². The smallest absolute Gasteiger partial charge is 0.234 e. The highest BCUT2D eigenvalue weighted by molar-refractivity contribution is 14.1. The third-order valence-electron chi connectivity index (χ3n) is 3.16. The van der Waals surface area contributed by atoms with Crippen LogP contribution in [0.25, 0.3) is 17.0 Å². The normalized spacial score (nSPS) is 11.9. The third kappa shape index (κ3) is 2.67. The van der Waals surface area contributed by atoms with Crippen molar-refractivity contribution in [3.8, 4) is 11.3 Å². The van der Waals surface area contributed by atoms with Crippen LogP contribution < -0.4 is 0 Å². The number of hydrogen-bond donors (Lipinski definition) is 0. The molecule has 0 radical (unpaired) electrons. The van der Waals surface area contributed by atoms with Gasteiger partial charge in [-0.1, -0.05) is 25.1 Å². The molecule has 0 aliphatic carbocycles. The van der Waals surface area contributed by atoms with Gasteiger partial charge in [-0.25, -0.2) is 18.4 Å². The molecule has 0 saturated carbocycles. The summed E-state index contributed by atoms with van der Waals surface area (Å²) in [4.78, 5) is 8.96. The zero-order valence-electron chi connectivity index (χ0n) is 11.2. The molecule has 3 aromatic rings. The van der Waals surface area contributed by atoms with Crippen LogP contribution in [-0.4, -0.2) is 28.5 Å². The van der Waals surface area contributed by atoms with Gasteiger partial charge in [0.15, 0.2) is 9.84 Å². The van der Waals surface area contributed by atoms with Gasteiger partial charge < -0.3 is 0 Å². The summed E-state index contributed by atoms with van der Waals surface area (Å²) in [6, 6.07) is 6.93. The summed E-state index contributed by atoms with van der Waals surface area (Å²) in [6.45, 7) is 1.64. The van der Waals surface area contributed by atoms with Crippen molar-refractivity contribution in [1.29, 1.82) is 0 Å². The third-order valence-corrected chi connectivity index (χ3v) is 5.50. The zero-order chi connectivity index (χ0) is 15.0. The Morgan fingerprint density at radius 1 is 1.24 bits per heavy atom. The van der Waals surface area contributed by atoms with Crippen LogP contribution in [0.15, 0.2) is 47.8 Å². The molecule has 108 valence electrons. The summed E-state index contributed by atoms with van der Waals surface area (Å²) in [5.74, 6) is 0.613. The molecule has 0 saturated heterocycles. The van der Waals surface area contributed by atoms with Crippen molar-refractivity contribution in [2.45, 2.75) is 11.8 Å². The number of aromatic nitrogens is 3. The van der Waals surface area contributed by atoms with Crippen molar-refractivity contribution in [3.63, 3.8) is 0 Å². The van der Waals surface area contributed by atoms with Crippen LogP contribution in [0.2, 0.25) is 0 Å². The molecule has 21 heavy (non-hydrogen) atoms. The highest BCUT2D eigenvalue weighted by atomic mass is 127. The Bertz CT molecular complexity index is 919. The summed E-state index contributed by atoms with van der Waals surface area (Å²) in [5, 5.41) is 0. The highest BCUT2D eigenvalue weighted by Crippen LogP contribution is 2.27. The van der Waals surface area contributed by atoms with E-state index >= 15 is 0 Å². The van der Waals surface area contributed by atoms with E-state index < -0.39 is 9.84 Å². The number of benzene rings is 1. The van der Waals surface area contributed by atoms with Crippen LogP contribution in [0.5, 0.6) is 0 Å². The fraction of sp³-hybridized carbons (Fsp3) is 0.143. The van der Waals surface area contributed by atoms with Gasteiger partial charge in [0.2, 0.25) is 5.78 Å². The Labute approximate surface area is 136 Å². The van der Waals surface area contributed by atoms with Crippen LogP contribution in [0, 0.1) is 3.57 Å². The minimum absolute atomic E-state index is 0.0630. The molecule has 0 fully saturated rings. The maximum Gasteiger partial charge on any atom is 0.234 e. The fourth-order valence-corrected chi connectivity index (χ4v) is 3.64. The van der Waals surface area contributed by atoms with E-state index in [-0.39, 0.29) is 5.75 Å². The lowest BCUT2D eigenvalue weighted by Crippen LogP contribution is -2.05. The molecule has 0 unspecified atom stereocenters. The number of rotatable bonds is 3. The summed E-state index contributed by atoms with van der Waals surface area (Å²) >= 11 is 2.17. The Balaban J connectivity index is 2.24. The number of nitrogens with zero attached hydrogens (tertiary/aromatic N) is 3. The quantitative estimate of drug-likeness (QED) is 0.620. The molecule has 1 aromatic carbocycles. The Morgan fingerprint density at radius 2 is 2.00 bits per heavy atom. The Hall–Kier alpha value is -1.48. The van der Waals surface area contributed by atoms with E-state index in [4.69, 9.17) is 0 Å². The van der Waals surface area contributed by atoms with Crippen molar-refractivity contribution >= 4 is 38.2 Å². The molecule has 3 rings (SSSR count).